The van der Waals surface area contributed by atoms with Crippen LogP contribution in [0.1, 0.15) is 5.56 Å². The Labute approximate surface area is 99.4 Å². The highest BCUT2D eigenvalue weighted by Gasteiger charge is 2.17. The number of methoxy groups -OCH3 is 1. The van der Waals surface area contributed by atoms with Crippen molar-refractivity contribution in [1.29, 1.82) is 0 Å². The Morgan fingerprint density at radius 3 is 2.59 bits per heavy atom. The van der Waals surface area contributed by atoms with E-state index in [1.807, 2.05) is 0 Å². The van der Waals surface area contributed by atoms with E-state index >= 15 is 0 Å². The summed E-state index contributed by atoms with van der Waals surface area (Å²) >= 11 is 0. The number of hydrogen-bond acceptors (Lipinski definition) is 3. The fourth-order valence-corrected chi connectivity index (χ4v) is 1.96. The molecule has 1 fully saturated rings. The van der Waals surface area contributed by atoms with Crippen LogP contribution in [-0.4, -0.2) is 38.2 Å². The third-order valence-corrected chi connectivity index (χ3v) is 2.95. The molecule has 94 valence electrons. The van der Waals surface area contributed by atoms with Gasteiger partial charge in [0, 0.05) is 38.3 Å². The predicted octanol–water partition coefficient (Wildman–Crippen LogP) is 1.38. The molecule has 0 atom stereocenters. The van der Waals surface area contributed by atoms with Gasteiger partial charge in [0.05, 0.1) is 7.11 Å². The highest BCUT2D eigenvalue weighted by Crippen LogP contribution is 2.23. The minimum atomic E-state index is -0.903. The van der Waals surface area contributed by atoms with Gasteiger partial charge >= 0.3 is 0 Å². The Hall–Kier alpha value is -1.20. The van der Waals surface area contributed by atoms with Crippen molar-refractivity contribution < 1.29 is 13.5 Å². The van der Waals surface area contributed by atoms with Crippen molar-refractivity contribution in [3.8, 4) is 5.75 Å². The van der Waals surface area contributed by atoms with Gasteiger partial charge < -0.3 is 10.1 Å². The highest BCUT2D eigenvalue weighted by atomic mass is 19.2. The molecule has 0 spiro atoms. The van der Waals surface area contributed by atoms with Crippen LogP contribution >= 0.6 is 0 Å². The largest absolute Gasteiger partial charge is 0.494 e. The molecule has 1 aromatic rings. The first-order chi connectivity index (χ1) is 8.22. The third kappa shape index (κ3) is 2.73. The summed E-state index contributed by atoms with van der Waals surface area (Å²) in [5.41, 5.74) is 0.380. The van der Waals surface area contributed by atoms with Crippen molar-refractivity contribution in [3.63, 3.8) is 0 Å². The first kappa shape index (κ1) is 12.3. The average Bonchev–Trinajstić information content (AvgIpc) is 2.37. The van der Waals surface area contributed by atoms with E-state index in [2.05, 4.69) is 10.2 Å². The molecular formula is C12H16F2N2O. The number of hydrogen-bond donors (Lipinski definition) is 1. The smallest absolute Gasteiger partial charge is 0.200 e. The van der Waals surface area contributed by atoms with E-state index in [4.69, 9.17) is 4.74 Å². The van der Waals surface area contributed by atoms with Crippen LogP contribution in [-0.2, 0) is 6.54 Å². The zero-order chi connectivity index (χ0) is 12.3. The number of benzene rings is 1. The standard InChI is InChI=1S/C12H16F2N2O/c1-17-10-3-2-9(11(13)12(10)14)8-16-6-4-15-5-7-16/h2-3,15H,4-8H2,1H3. The number of nitrogens with zero attached hydrogens (tertiary/aromatic N) is 1. The van der Waals surface area contributed by atoms with Crippen LogP contribution in [0.25, 0.3) is 0 Å². The van der Waals surface area contributed by atoms with E-state index in [1.54, 1.807) is 6.07 Å². The molecular weight excluding hydrogens is 226 g/mol. The number of piperazine rings is 1. The molecule has 3 nitrogen and oxygen atoms in total. The van der Waals surface area contributed by atoms with E-state index in [1.165, 1.54) is 13.2 Å². The van der Waals surface area contributed by atoms with Gasteiger partial charge in [0.1, 0.15) is 0 Å². The molecule has 17 heavy (non-hydrogen) atoms. The molecule has 1 aliphatic rings. The zero-order valence-electron chi connectivity index (χ0n) is 9.80. The van der Waals surface area contributed by atoms with E-state index in [-0.39, 0.29) is 5.75 Å². The quantitative estimate of drug-likeness (QED) is 0.866. The zero-order valence-corrected chi connectivity index (χ0v) is 9.80. The van der Waals surface area contributed by atoms with Gasteiger partial charge in [-0.25, -0.2) is 4.39 Å². The van der Waals surface area contributed by atoms with Crippen LogP contribution in [0.4, 0.5) is 8.78 Å². The lowest BCUT2D eigenvalue weighted by Gasteiger charge is -2.27. The highest BCUT2D eigenvalue weighted by molar-refractivity contribution is 5.31. The fourth-order valence-electron chi connectivity index (χ4n) is 1.96. The summed E-state index contributed by atoms with van der Waals surface area (Å²) in [5, 5.41) is 3.22. The summed E-state index contributed by atoms with van der Waals surface area (Å²) in [6, 6.07) is 3.05. The molecule has 2 rings (SSSR count). The van der Waals surface area contributed by atoms with E-state index in [0.717, 1.165) is 26.2 Å². The number of ether oxygens (including phenoxy) is 1. The topological polar surface area (TPSA) is 24.5 Å². The molecule has 1 N–H and O–H groups in total. The van der Waals surface area contributed by atoms with Crippen molar-refractivity contribution in [1.82, 2.24) is 10.2 Å². The molecule has 5 heteroatoms. The molecule has 0 aliphatic carbocycles. The summed E-state index contributed by atoms with van der Waals surface area (Å²) in [5.74, 6) is -1.76. The van der Waals surface area contributed by atoms with Gasteiger partial charge in [0.2, 0.25) is 5.82 Å². The average molecular weight is 242 g/mol. The van der Waals surface area contributed by atoms with Crippen molar-refractivity contribution in [2.45, 2.75) is 6.54 Å². The maximum absolute atomic E-state index is 13.7. The van der Waals surface area contributed by atoms with Gasteiger partial charge in [0.25, 0.3) is 0 Å². The lowest BCUT2D eigenvalue weighted by atomic mass is 10.1. The molecule has 1 heterocycles. The van der Waals surface area contributed by atoms with Gasteiger partial charge in [-0.05, 0) is 6.07 Å². The molecule has 1 saturated heterocycles. The van der Waals surface area contributed by atoms with Crippen molar-refractivity contribution >= 4 is 0 Å². The first-order valence-electron chi connectivity index (χ1n) is 5.66. The van der Waals surface area contributed by atoms with E-state index < -0.39 is 11.6 Å². The Kier molecular flexibility index (Phi) is 3.91. The maximum atomic E-state index is 13.7. The second-order valence-electron chi connectivity index (χ2n) is 4.08. The van der Waals surface area contributed by atoms with Gasteiger partial charge in [-0.1, -0.05) is 6.07 Å². The van der Waals surface area contributed by atoms with Crippen molar-refractivity contribution in [3.05, 3.63) is 29.3 Å². The number of nitrogens with one attached hydrogen (secondary N) is 1. The second-order valence-corrected chi connectivity index (χ2v) is 4.08. The lowest BCUT2D eigenvalue weighted by Crippen LogP contribution is -2.43. The van der Waals surface area contributed by atoms with Gasteiger partial charge in [-0.15, -0.1) is 0 Å². The minimum Gasteiger partial charge on any atom is -0.494 e. The fraction of sp³-hybridized carbons (Fsp3) is 0.500. The van der Waals surface area contributed by atoms with Crippen molar-refractivity contribution in [2.75, 3.05) is 33.3 Å². The van der Waals surface area contributed by atoms with Crippen LogP contribution in [0.2, 0.25) is 0 Å². The van der Waals surface area contributed by atoms with Crippen LogP contribution in [0.3, 0.4) is 0 Å². The van der Waals surface area contributed by atoms with Gasteiger partial charge in [-0.2, -0.15) is 4.39 Å². The maximum Gasteiger partial charge on any atom is 0.200 e. The Bertz CT molecular complexity index is 392. The molecule has 0 saturated carbocycles. The molecule has 0 radical (unpaired) electrons. The Morgan fingerprint density at radius 1 is 1.24 bits per heavy atom. The van der Waals surface area contributed by atoms with Crippen LogP contribution < -0.4 is 10.1 Å². The molecule has 0 amide bonds. The molecule has 1 aliphatic heterocycles. The van der Waals surface area contributed by atoms with E-state index in [9.17, 15) is 8.78 Å². The number of halogens is 2. The summed E-state index contributed by atoms with van der Waals surface area (Å²) in [7, 11) is 1.33. The van der Waals surface area contributed by atoms with Crippen molar-refractivity contribution in [2.24, 2.45) is 0 Å². The molecule has 0 unspecified atom stereocenters. The normalized spacial score (nSPS) is 17.1. The third-order valence-electron chi connectivity index (χ3n) is 2.95. The Balaban J connectivity index is 2.12. The minimum absolute atomic E-state index is 0.0495. The van der Waals surface area contributed by atoms with E-state index in [0.29, 0.717) is 12.1 Å². The molecule has 1 aromatic carbocycles. The molecule has 0 bridgehead atoms. The monoisotopic (exact) mass is 242 g/mol. The summed E-state index contributed by atoms with van der Waals surface area (Å²) < 4.78 is 31.9. The summed E-state index contributed by atoms with van der Waals surface area (Å²) in [6.45, 7) is 3.93. The van der Waals surface area contributed by atoms with Crippen LogP contribution in [0, 0.1) is 11.6 Å². The SMILES string of the molecule is COc1ccc(CN2CCNCC2)c(F)c1F. The van der Waals surface area contributed by atoms with Gasteiger partial charge in [-0.3, -0.25) is 4.90 Å². The van der Waals surface area contributed by atoms with Crippen LogP contribution in [0.15, 0.2) is 12.1 Å². The number of rotatable bonds is 3. The summed E-state index contributed by atoms with van der Waals surface area (Å²) in [6.07, 6.45) is 0. The lowest BCUT2D eigenvalue weighted by molar-refractivity contribution is 0.229. The predicted molar refractivity (Wildman–Crippen MR) is 61.1 cm³/mol. The van der Waals surface area contributed by atoms with Crippen LogP contribution in [0.5, 0.6) is 5.75 Å². The Morgan fingerprint density at radius 2 is 1.94 bits per heavy atom. The molecule has 0 aromatic heterocycles. The first-order valence-corrected chi connectivity index (χ1v) is 5.66. The summed E-state index contributed by atoms with van der Waals surface area (Å²) in [4.78, 5) is 2.10. The van der Waals surface area contributed by atoms with Gasteiger partial charge in [0.15, 0.2) is 11.6 Å². The second kappa shape index (κ2) is 5.42.